The Hall–Kier alpha value is -1.01. The largest absolute Gasteiger partial charge is 0.311 e. The Morgan fingerprint density at radius 1 is 1.46 bits per heavy atom. The van der Waals surface area contributed by atoms with Crippen LogP contribution in [-0.4, -0.2) is 26.4 Å². The van der Waals surface area contributed by atoms with Crippen LogP contribution in [0.15, 0.2) is 0 Å². The molecule has 0 atom stereocenters. The van der Waals surface area contributed by atoms with Gasteiger partial charge in [0.1, 0.15) is 5.01 Å². The lowest BCUT2D eigenvalue weighted by Crippen LogP contribution is -2.11. The first-order valence-electron chi connectivity index (χ1n) is 4.19. The minimum Gasteiger partial charge on any atom is -0.311 e. The summed E-state index contributed by atoms with van der Waals surface area (Å²) in [6.07, 6.45) is 0. The van der Waals surface area contributed by atoms with Crippen molar-refractivity contribution in [2.75, 3.05) is 6.54 Å². The number of nitrogens with zero attached hydrogens (tertiary/aromatic N) is 4. The first-order valence-corrected chi connectivity index (χ1v) is 5.01. The number of nitrogens with one attached hydrogen (secondary N) is 1. The number of aryl methyl sites for hydroxylation is 1. The number of hydrogen-bond donors (Lipinski definition) is 1. The predicted octanol–water partition coefficient (Wildman–Crippen LogP) is 0.604. The first-order chi connectivity index (χ1) is 6.31. The zero-order chi connectivity index (χ0) is 9.26. The Labute approximate surface area is 79.8 Å². The summed E-state index contributed by atoms with van der Waals surface area (Å²) in [7, 11) is 0. The standard InChI is InChI=1S/C7H11N5S/c1-3-8-4-6-11-12-5(2)9-10-7(12)13-6/h8H,3-4H2,1-2H3. The van der Waals surface area contributed by atoms with E-state index in [2.05, 4.69) is 27.5 Å². The fourth-order valence-electron chi connectivity index (χ4n) is 1.06. The van der Waals surface area contributed by atoms with Crippen molar-refractivity contribution >= 4 is 16.3 Å². The minimum absolute atomic E-state index is 0.809. The van der Waals surface area contributed by atoms with Gasteiger partial charge < -0.3 is 5.32 Å². The summed E-state index contributed by atoms with van der Waals surface area (Å²) in [5, 5.41) is 16.5. The monoisotopic (exact) mass is 197 g/mol. The summed E-state index contributed by atoms with van der Waals surface area (Å²) in [6.45, 7) is 5.74. The highest BCUT2D eigenvalue weighted by Crippen LogP contribution is 2.12. The summed E-state index contributed by atoms with van der Waals surface area (Å²) in [6, 6.07) is 0. The molecule has 0 saturated carbocycles. The van der Waals surface area contributed by atoms with Crippen LogP contribution in [0, 0.1) is 6.92 Å². The Bertz CT molecular complexity index is 404. The molecule has 0 spiro atoms. The molecule has 0 amide bonds. The Balaban J connectivity index is 2.28. The molecule has 13 heavy (non-hydrogen) atoms. The van der Waals surface area contributed by atoms with Gasteiger partial charge in [0.2, 0.25) is 4.96 Å². The molecule has 6 heteroatoms. The first kappa shape index (κ1) is 8.58. The molecule has 0 aliphatic carbocycles. The average Bonchev–Trinajstić information content (AvgIpc) is 2.65. The molecule has 0 aliphatic rings. The smallest absolute Gasteiger partial charge is 0.234 e. The molecule has 0 aliphatic heterocycles. The molecular formula is C7H11N5S. The van der Waals surface area contributed by atoms with E-state index in [1.807, 2.05) is 6.92 Å². The molecular weight excluding hydrogens is 186 g/mol. The zero-order valence-corrected chi connectivity index (χ0v) is 8.43. The van der Waals surface area contributed by atoms with Gasteiger partial charge in [0, 0.05) is 6.54 Å². The number of fused-ring (bicyclic) bond motifs is 1. The second kappa shape index (κ2) is 3.39. The molecule has 5 nitrogen and oxygen atoms in total. The van der Waals surface area contributed by atoms with Crippen molar-refractivity contribution in [3.8, 4) is 0 Å². The van der Waals surface area contributed by atoms with Crippen LogP contribution in [0.2, 0.25) is 0 Å². The van der Waals surface area contributed by atoms with Crippen molar-refractivity contribution in [2.24, 2.45) is 0 Å². The molecule has 2 aromatic heterocycles. The molecule has 0 saturated heterocycles. The number of rotatable bonds is 3. The third-order valence-corrected chi connectivity index (χ3v) is 2.61. The van der Waals surface area contributed by atoms with E-state index in [-0.39, 0.29) is 0 Å². The molecule has 0 radical (unpaired) electrons. The Morgan fingerprint density at radius 2 is 2.31 bits per heavy atom. The van der Waals surface area contributed by atoms with Crippen LogP contribution in [0.25, 0.3) is 4.96 Å². The van der Waals surface area contributed by atoms with Gasteiger partial charge in [-0.15, -0.1) is 10.2 Å². The van der Waals surface area contributed by atoms with Crippen LogP contribution in [0.1, 0.15) is 17.8 Å². The van der Waals surface area contributed by atoms with Crippen molar-refractivity contribution < 1.29 is 0 Å². The molecule has 0 fully saturated rings. The van der Waals surface area contributed by atoms with Crippen LogP contribution in [0.3, 0.4) is 0 Å². The van der Waals surface area contributed by atoms with Crippen molar-refractivity contribution in [3.05, 3.63) is 10.8 Å². The van der Waals surface area contributed by atoms with Crippen LogP contribution in [-0.2, 0) is 6.54 Å². The van der Waals surface area contributed by atoms with Crippen LogP contribution in [0.4, 0.5) is 0 Å². The maximum Gasteiger partial charge on any atom is 0.234 e. The van der Waals surface area contributed by atoms with Crippen molar-refractivity contribution in [2.45, 2.75) is 20.4 Å². The zero-order valence-electron chi connectivity index (χ0n) is 7.61. The third kappa shape index (κ3) is 1.54. The topological polar surface area (TPSA) is 55.1 Å². The second-order valence-electron chi connectivity index (χ2n) is 2.72. The van der Waals surface area contributed by atoms with E-state index in [1.54, 1.807) is 15.9 Å². The Kier molecular flexibility index (Phi) is 2.24. The van der Waals surface area contributed by atoms with Gasteiger partial charge >= 0.3 is 0 Å². The fraction of sp³-hybridized carbons (Fsp3) is 0.571. The summed E-state index contributed by atoms with van der Waals surface area (Å²) in [5.74, 6) is 0.842. The molecule has 2 rings (SSSR count). The van der Waals surface area contributed by atoms with E-state index in [9.17, 15) is 0 Å². The van der Waals surface area contributed by atoms with Crippen molar-refractivity contribution in [3.63, 3.8) is 0 Å². The summed E-state index contributed by atoms with van der Waals surface area (Å²) in [5.41, 5.74) is 0. The van der Waals surface area contributed by atoms with Crippen molar-refractivity contribution in [1.82, 2.24) is 25.1 Å². The number of hydrogen-bond acceptors (Lipinski definition) is 5. The maximum atomic E-state index is 4.36. The lowest BCUT2D eigenvalue weighted by Gasteiger charge is -1.93. The fourth-order valence-corrected chi connectivity index (χ4v) is 1.91. The number of aromatic nitrogens is 4. The summed E-state index contributed by atoms with van der Waals surface area (Å²) in [4.78, 5) is 0.866. The van der Waals surface area contributed by atoms with Crippen LogP contribution < -0.4 is 5.32 Å². The van der Waals surface area contributed by atoms with Gasteiger partial charge in [0.15, 0.2) is 5.82 Å². The van der Waals surface area contributed by atoms with Crippen molar-refractivity contribution in [1.29, 1.82) is 0 Å². The van der Waals surface area contributed by atoms with Gasteiger partial charge in [-0.3, -0.25) is 0 Å². The average molecular weight is 197 g/mol. The van der Waals surface area contributed by atoms with E-state index in [4.69, 9.17) is 0 Å². The van der Waals surface area contributed by atoms with E-state index < -0.39 is 0 Å². The van der Waals surface area contributed by atoms with Gasteiger partial charge in [0.25, 0.3) is 0 Å². The lowest BCUT2D eigenvalue weighted by molar-refractivity contribution is 0.705. The van der Waals surface area contributed by atoms with Crippen LogP contribution in [0.5, 0.6) is 0 Å². The lowest BCUT2D eigenvalue weighted by atomic mass is 10.6. The highest BCUT2D eigenvalue weighted by Gasteiger charge is 2.07. The van der Waals surface area contributed by atoms with Gasteiger partial charge in [-0.1, -0.05) is 18.3 Å². The van der Waals surface area contributed by atoms with Gasteiger partial charge in [0.05, 0.1) is 0 Å². The molecule has 0 bridgehead atoms. The van der Waals surface area contributed by atoms with E-state index in [0.29, 0.717) is 0 Å². The molecule has 2 aromatic rings. The van der Waals surface area contributed by atoms with Crippen LogP contribution >= 0.6 is 11.3 Å². The molecule has 1 N–H and O–H groups in total. The summed E-state index contributed by atoms with van der Waals surface area (Å²) < 4.78 is 1.78. The molecule has 70 valence electrons. The second-order valence-corrected chi connectivity index (χ2v) is 3.76. The summed E-state index contributed by atoms with van der Waals surface area (Å²) >= 11 is 1.57. The van der Waals surface area contributed by atoms with E-state index >= 15 is 0 Å². The normalized spacial score (nSPS) is 11.2. The molecule has 0 aromatic carbocycles. The molecule has 0 unspecified atom stereocenters. The third-order valence-electron chi connectivity index (χ3n) is 1.71. The predicted molar refractivity (Wildman–Crippen MR) is 50.8 cm³/mol. The van der Waals surface area contributed by atoms with Gasteiger partial charge in [-0.25, -0.2) is 0 Å². The van der Waals surface area contributed by atoms with E-state index in [0.717, 1.165) is 28.9 Å². The highest BCUT2D eigenvalue weighted by atomic mass is 32.1. The highest BCUT2D eigenvalue weighted by molar-refractivity contribution is 7.16. The van der Waals surface area contributed by atoms with Gasteiger partial charge in [-0.05, 0) is 13.5 Å². The van der Waals surface area contributed by atoms with Gasteiger partial charge in [-0.2, -0.15) is 9.61 Å². The van der Waals surface area contributed by atoms with E-state index in [1.165, 1.54) is 0 Å². The minimum atomic E-state index is 0.809. The SMILES string of the molecule is CCNCc1nn2c(C)nnc2s1. The quantitative estimate of drug-likeness (QED) is 0.783. The molecule has 2 heterocycles. The maximum absolute atomic E-state index is 4.36. The Morgan fingerprint density at radius 3 is 3.00 bits per heavy atom.